The lowest BCUT2D eigenvalue weighted by molar-refractivity contribution is 1.63. The summed E-state index contributed by atoms with van der Waals surface area (Å²) >= 11 is 10.8. The molecule has 2 N–H and O–H groups in total. The molecule has 0 bridgehead atoms. The molecule has 0 saturated heterocycles. The molecule has 0 aliphatic heterocycles. The van der Waals surface area contributed by atoms with Gasteiger partial charge in [-0.05, 0) is 45.8 Å². The van der Waals surface area contributed by atoms with Crippen molar-refractivity contribution in [3.63, 3.8) is 0 Å². The molecule has 0 saturated carbocycles. The van der Waals surface area contributed by atoms with Crippen molar-refractivity contribution in [1.29, 1.82) is 0 Å². The van der Waals surface area contributed by atoms with Crippen LogP contribution in [0.15, 0.2) is 34.8 Å². The highest BCUT2D eigenvalue weighted by atomic mass is 79.9. The Balaban J connectivity index is 2.47. The van der Waals surface area contributed by atoms with Crippen molar-refractivity contribution < 1.29 is 0 Å². The highest BCUT2D eigenvalue weighted by Gasteiger charge is 2.03. The van der Waals surface area contributed by atoms with Crippen LogP contribution >= 0.6 is 38.9 Å². The van der Waals surface area contributed by atoms with Crippen molar-refractivity contribution in [2.24, 2.45) is 0 Å². The Labute approximate surface area is 99.6 Å². The maximum absolute atomic E-state index is 5.86. The lowest BCUT2D eigenvalue weighted by atomic mass is 10.2. The van der Waals surface area contributed by atoms with Gasteiger partial charge in [0.1, 0.15) is 0 Å². The van der Waals surface area contributed by atoms with Crippen LogP contribution in [-0.4, -0.2) is 0 Å². The summed E-state index contributed by atoms with van der Waals surface area (Å²) in [5, 5.41) is 0. The molecule has 0 fully saturated rings. The van der Waals surface area contributed by atoms with Crippen molar-refractivity contribution in [2.75, 3.05) is 5.73 Å². The molecule has 0 atom stereocenters. The summed E-state index contributed by atoms with van der Waals surface area (Å²) in [6, 6.07) is 9.77. The maximum Gasteiger partial charge on any atom is 0.0934 e. The van der Waals surface area contributed by atoms with E-state index in [1.165, 1.54) is 0 Å². The quantitative estimate of drug-likeness (QED) is 0.773. The first-order valence-corrected chi connectivity index (χ1v) is 5.96. The molecular weight excluding hydrogens is 282 g/mol. The average molecular weight is 289 g/mol. The van der Waals surface area contributed by atoms with Crippen molar-refractivity contribution in [3.05, 3.63) is 39.1 Å². The summed E-state index contributed by atoms with van der Waals surface area (Å²) in [6.07, 6.45) is 0. The first-order chi connectivity index (χ1) is 6.66. The topological polar surface area (TPSA) is 26.0 Å². The minimum atomic E-state index is 0.747. The first kappa shape index (κ1) is 10.0. The molecule has 2 rings (SSSR count). The van der Waals surface area contributed by atoms with Gasteiger partial charge in [-0.1, -0.05) is 17.7 Å². The second-order valence-electron chi connectivity index (χ2n) is 2.84. The number of benzene rings is 1. The molecule has 0 aliphatic carbocycles. The molecule has 0 amide bonds. The van der Waals surface area contributed by atoms with E-state index in [0.717, 1.165) is 24.9 Å². The molecule has 0 spiro atoms. The lowest BCUT2D eigenvalue weighted by Crippen LogP contribution is -1.85. The Morgan fingerprint density at radius 2 is 2.00 bits per heavy atom. The van der Waals surface area contributed by atoms with Crippen LogP contribution in [0.4, 0.5) is 5.69 Å². The minimum Gasteiger partial charge on any atom is -0.398 e. The Hall–Kier alpha value is -0.510. The number of nitrogen functional groups attached to an aromatic ring is 1. The molecule has 2 aromatic rings. The maximum atomic E-state index is 5.86. The van der Waals surface area contributed by atoms with E-state index in [-0.39, 0.29) is 0 Å². The number of halogens is 2. The summed E-state index contributed by atoms with van der Waals surface area (Å²) in [7, 11) is 0. The van der Waals surface area contributed by atoms with Crippen molar-refractivity contribution in [1.82, 2.24) is 0 Å². The molecule has 0 aliphatic rings. The second-order valence-corrected chi connectivity index (χ2v) is 5.41. The van der Waals surface area contributed by atoms with Gasteiger partial charge in [0.05, 0.1) is 4.34 Å². The normalized spacial score (nSPS) is 10.4. The molecule has 1 heterocycles. The molecule has 1 aromatic heterocycles. The van der Waals surface area contributed by atoms with Crippen molar-refractivity contribution >= 4 is 44.6 Å². The van der Waals surface area contributed by atoms with Gasteiger partial charge in [0.15, 0.2) is 0 Å². The number of nitrogens with two attached hydrogens (primary N) is 1. The molecule has 4 heteroatoms. The Morgan fingerprint density at radius 1 is 1.21 bits per heavy atom. The second kappa shape index (κ2) is 3.93. The molecule has 1 nitrogen and oxygen atoms in total. The average Bonchev–Trinajstić information content (AvgIpc) is 2.57. The number of hydrogen-bond acceptors (Lipinski definition) is 2. The largest absolute Gasteiger partial charge is 0.398 e. The summed E-state index contributed by atoms with van der Waals surface area (Å²) in [4.78, 5) is 1.15. The predicted molar refractivity (Wildman–Crippen MR) is 66.9 cm³/mol. The smallest absolute Gasteiger partial charge is 0.0934 e. The number of rotatable bonds is 1. The fourth-order valence-corrected chi connectivity index (χ4v) is 2.57. The fraction of sp³-hybridized carbons (Fsp3) is 0. The van der Waals surface area contributed by atoms with Gasteiger partial charge in [-0.25, -0.2) is 0 Å². The van der Waals surface area contributed by atoms with Crippen LogP contribution in [0.2, 0.25) is 4.34 Å². The zero-order chi connectivity index (χ0) is 10.1. The van der Waals surface area contributed by atoms with Crippen LogP contribution in [0.1, 0.15) is 0 Å². The Morgan fingerprint density at radius 3 is 2.57 bits per heavy atom. The molecule has 72 valence electrons. The van der Waals surface area contributed by atoms with E-state index >= 15 is 0 Å². The van der Waals surface area contributed by atoms with E-state index < -0.39 is 0 Å². The summed E-state index contributed by atoms with van der Waals surface area (Å²) in [5.74, 6) is 0. The monoisotopic (exact) mass is 287 g/mol. The van der Waals surface area contributed by atoms with Gasteiger partial charge in [0.25, 0.3) is 0 Å². The zero-order valence-electron chi connectivity index (χ0n) is 7.13. The molecule has 0 unspecified atom stereocenters. The standard InChI is InChI=1S/C10H7BrClNS/c11-7-5-6(1-2-8(7)13)9-3-4-10(12)14-9/h1-5H,13H2. The Kier molecular flexibility index (Phi) is 2.81. The zero-order valence-corrected chi connectivity index (χ0v) is 10.3. The van der Waals surface area contributed by atoms with E-state index in [9.17, 15) is 0 Å². The highest BCUT2D eigenvalue weighted by molar-refractivity contribution is 9.10. The van der Waals surface area contributed by atoms with Crippen LogP contribution in [0, 0.1) is 0 Å². The van der Waals surface area contributed by atoms with E-state index in [0.29, 0.717) is 0 Å². The molecular formula is C10H7BrClNS. The van der Waals surface area contributed by atoms with Gasteiger partial charge in [-0.15, -0.1) is 11.3 Å². The van der Waals surface area contributed by atoms with E-state index in [1.54, 1.807) is 11.3 Å². The van der Waals surface area contributed by atoms with Crippen LogP contribution in [0.25, 0.3) is 10.4 Å². The van der Waals surface area contributed by atoms with Gasteiger partial charge in [0, 0.05) is 15.0 Å². The third-order valence-electron chi connectivity index (χ3n) is 1.86. The van der Waals surface area contributed by atoms with E-state index in [2.05, 4.69) is 15.9 Å². The van der Waals surface area contributed by atoms with Gasteiger partial charge < -0.3 is 5.73 Å². The molecule has 0 radical (unpaired) electrons. The Bertz CT molecular complexity index is 467. The molecule has 1 aromatic carbocycles. The molecule has 14 heavy (non-hydrogen) atoms. The van der Waals surface area contributed by atoms with Crippen molar-refractivity contribution in [3.8, 4) is 10.4 Å². The third kappa shape index (κ3) is 1.95. The van der Waals surface area contributed by atoms with E-state index in [4.69, 9.17) is 17.3 Å². The van der Waals surface area contributed by atoms with Gasteiger partial charge in [-0.3, -0.25) is 0 Å². The lowest BCUT2D eigenvalue weighted by Gasteiger charge is -2.01. The van der Waals surface area contributed by atoms with Crippen LogP contribution in [0.5, 0.6) is 0 Å². The number of thiophene rings is 1. The summed E-state index contributed by atoms with van der Waals surface area (Å²) < 4.78 is 1.72. The van der Waals surface area contributed by atoms with Crippen LogP contribution in [-0.2, 0) is 0 Å². The first-order valence-electron chi connectivity index (χ1n) is 3.97. The summed E-state index contributed by atoms with van der Waals surface area (Å²) in [6.45, 7) is 0. The SMILES string of the molecule is Nc1ccc(-c2ccc(Cl)s2)cc1Br. The number of hydrogen-bond donors (Lipinski definition) is 1. The van der Waals surface area contributed by atoms with Crippen LogP contribution in [0.3, 0.4) is 0 Å². The van der Waals surface area contributed by atoms with Gasteiger partial charge in [-0.2, -0.15) is 0 Å². The minimum absolute atomic E-state index is 0.747. The van der Waals surface area contributed by atoms with Gasteiger partial charge in [0.2, 0.25) is 0 Å². The van der Waals surface area contributed by atoms with Crippen LogP contribution < -0.4 is 5.73 Å². The number of anilines is 1. The van der Waals surface area contributed by atoms with Crippen molar-refractivity contribution in [2.45, 2.75) is 0 Å². The van der Waals surface area contributed by atoms with E-state index in [1.807, 2.05) is 30.3 Å². The van der Waals surface area contributed by atoms with Gasteiger partial charge >= 0.3 is 0 Å². The fourth-order valence-electron chi connectivity index (χ4n) is 1.15. The predicted octanol–water partition coefficient (Wildman–Crippen LogP) is 4.41. The highest BCUT2D eigenvalue weighted by Crippen LogP contribution is 2.33. The third-order valence-corrected chi connectivity index (χ3v) is 3.83. The summed E-state index contributed by atoms with van der Waals surface area (Å²) in [5.41, 5.74) is 7.58.